The fraction of sp³-hybridized carbons (Fsp3) is 0.562. The van der Waals surface area contributed by atoms with Gasteiger partial charge in [-0.25, -0.2) is 4.39 Å². The highest BCUT2D eigenvalue weighted by molar-refractivity contribution is 5.74. The predicted molar refractivity (Wildman–Crippen MR) is 73.7 cm³/mol. The van der Waals surface area contributed by atoms with Crippen LogP contribution in [0.15, 0.2) is 24.3 Å². The molecule has 0 bridgehead atoms. The third-order valence-electron chi connectivity index (χ3n) is 4.78. The van der Waals surface area contributed by atoms with Gasteiger partial charge in [0.15, 0.2) is 0 Å². The molecule has 3 nitrogen and oxygen atoms in total. The van der Waals surface area contributed by atoms with E-state index in [-0.39, 0.29) is 11.9 Å². The zero-order chi connectivity index (χ0) is 14.1. The lowest BCUT2D eigenvalue weighted by molar-refractivity contribution is -0.142. The van der Waals surface area contributed by atoms with Gasteiger partial charge in [-0.15, -0.1) is 0 Å². The first-order valence-corrected chi connectivity index (χ1v) is 7.38. The van der Waals surface area contributed by atoms with E-state index in [9.17, 15) is 14.3 Å². The molecule has 20 heavy (non-hydrogen) atoms. The summed E-state index contributed by atoms with van der Waals surface area (Å²) in [6.45, 7) is 0.610. The maximum absolute atomic E-state index is 13.0. The molecule has 3 rings (SSSR count). The van der Waals surface area contributed by atoms with Crippen LogP contribution in [0.3, 0.4) is 0 Å². The lowest BCUT2D eigenvalue weighted by Crippen LogP contribution is -2.41. The molecule has 2 aliphatic rings. The van der Waals surface area contributed by atoms with E-state index >= 15 is 0 Å². The van der Waals surface area contributed by atoms with Crippen LogP contribution in [0.25, 0.3) is 0 Å². The van der Waals surface area contributed by atoms with Gasteiger partial charge in [-0.3, -0.25) is 9.69 Å². The van der Waals surface area contributed by atoms with Crippen molar-refractivity contribution in [1.82, 2.24) is 4.90 Å². The molecule has 1 aliphatic heterocycles. The van der Waals surface area contributed by atoms with Gasteiger partial charge >= 0.3 is 5.97 Å². The number of aliphatic carboxylic acids is 1. The highest BCUT2D eigenvalue weighted by Crippen LogP contribution is 2.40. The van der Waals surface area contributed by atoms with Gasteiger partial charge < -0.3 is 5.11 Å². The summed E-state index contributed by atoms with van der Waals surface area (Å²) in [4.78, 5) is 13.6. The SMILES string of the molecule is O=C(O)[C@@H]1C[C@@H]2CCCC[C@H]2N1Cc1ccc(F)cc1. The van der Waals surface area contributed by atoms with Gasteiger partial charge in [0, 0.05) is 12.6 Å². The third kappa shape index (κ3) is 2.57. The lowest BCUT2D eigenvalue weighted by Gasteiger charge is -2.33. The van der Waals surface area contributed by atoms with Gasteiger partial charge in [-0.05, 0) is 42.9 Å². The molecule has 1 aliphatic carbocycles. The van der Waals surface area contributed by atoms with Gasteiger partial charge in [0.1, 0.15) is 11.9 Å². The van der Waals surface area contributed by atoms with Crippen LogP contribution in [0.2, 0.25) is 0 Å². The second-order valence-corrected chi connectivity index (χ2v) is 6.00. The van der Waals surface area contributed by atoms with E-state index in [0.717, 1.165) is 24.8 Å². The van der Waals surface area contributed by atoms with Crippen LogP contribution in [0.4, 0.5) is 4.39 Å². The highest BCUT2D eigenvalue weighted by Gasteiger charge is 2.44. The average Bonchev–Trinajstić information content (AvgIpc) is 2.81. The first-order valence-electron chi connectivity index (χ1n) is 7.38. The number of halogens is 1. The van der Waals surface area contributed by atoms with E-state index in [1.54, 1.807) is 12.1 Å². The van der Waals surface area contributed by atoms with Crippen molar-refractivity contribution in [3.8, 4) is 0 Å². The minimum Gasteiger partial charge on any atom is -0.480 e. The van der Waals surface area contributed by atoms with Crippen molar-refractivity contribution in [3.63, 3.8) is 0 Å². The summed E-state index contributed by atoms with van der Waals surface area (Å²) in [5.74, 6) is -0.452. The molecule has 1 saturated carbocycles. The lowest BCUT2D eigenvalue weighted by atomic mass is 9.84. The molecule has 1 heterocycles. The number of carboxylic acids is 1. The monoisotopic (exact) mass is 277 g/mol. The zero-order valence-electron chi connectivity index (χ0n) is 11.5. The number of carboxylic acid groups (broad SMARTS) is 1. The minimum absolute atomic E-state index is 0.250. The number of hydrogen-bond acceptors (Lipinski definition) is 2. The molecule has 0 unspecified atom stereocenters. The highest BCUT2D eigenvalue weighted by atomic mass is 19.1. The summed E-state index contributed by atoms with van der Waals surface area (Å²) in [5.41, 5.74) is 0.990. The standard InChI is InChI=1S/C16H20FNO2/c17-13-7-5-11(6-8-13)10-18-14-4-2-1-3-12(14)9-15(18)16(19)20/h5-8,12,14-15H,1-4,9-10H2,(H,19,20)/t12-,14+,15-/m0/s1. The van der Waals surface area contributed by atoms with Crippen molar-refractivity contribution in [2.24, 2.45) is 5.92 Å². The first-order chi connectivity index (χ1) is 9.65. The summed E-state index contributed by atoms with van der Waals surface area (Å²) in [5, 5.41) is 9.45. The first kappa shape index (κ1) is 13.6. The fourth-order valence-electron chi connectivity index (χ4n) is 3.82. The Morgan fingerprint density at radius 3 is 2.65 bits per heavy atom. The third-order valence-corrected chi connectivity index (χ3v) is 4.78. The van der Waals surface area contributed by atoms with E-state index in [0.29, 0.717) is 18.5 Å². The molecule has 1 saturated heterocycles. The maximum atomic E-state index is 13.0. The molecule has 0 amide bonds. The van der Waals surface area contributed by atoms with E-state index < -0.39 is 5.97 Å². The Balaban J connectivity index is 1.80. The number of likely N-dealkylation sites (tertiary alicyclic amines) is 1. The fourth-order valence-corrected chi connectivity index (χ4v) is 3.82. The van der Waals surface area contributed by atoms with Crippen LogP contribution in [0.1, 0.15) is 37.7 Å². The van der Waals surface area contributed by atoms with Gasteiger partial charge in [-0.2, -0.15) is 0 Å². The van der Waals surface area contributed by atoms with E-state index in [4.69, 9.17) is 0 Å². The van der Waals surface area contributed by atoms with Crippen LogP contribution in [0.5, 0.6) is 0 Å². The summed E-state index contributed by atoms with van der Waals surface area (Å²) >= 11 is 0. The van der Waals surface area contributed by atoms with E-state index in [1.807, 2.05) is 0 Å². The van der Waals surface area contributed by atoms with Crippen LogP contribution in [-0.2, 0) is 11.3 Å². The molecular weight excluding hydrogens is 257 g/mol. The van der Waals surface area contributed by atoms with Crippen molar-refractivity contribution in [2.45, 2.75) is 50.7 Å². The topological polar surface area (TPSA) is 40.5 Å². The second-order valence-electron chi connectivity index (χ2n) is 6.00. The Kier molecular flexibility index (Phi) is 3.74. The maximum Gasteiger partial charge on any atom is 0.320 e. The zero-order valence-corrected chi connectivity index (χ0v) is 11.5. The molecular formula is C16H20FNO2. The van der Waals surface area contributed by atoms with Crippen molar-refractivity contribution in [2.75, 3.05) is 0 Å². The van der Waals surface area contributed by atoms with Crippen LogP contribution >= 0.6 is 0 Å². The quantitative estimate of drug-likeness (QED) is 0.923. The largest absolute Gasteiger partial charge is 0.480 e. The Hall–Kier alpha value is -1.42. The number of rotatable bonds is 3. The Bertz CT molecular complexity index is 488. The van der Waals surface area contributed by atoms with Gasteiger partial charge in [0.2, 0.25) is 0 Å². The number of nitrogens with zero attached hydrogens (tertiary/aromatic N) is 1. The molecule has 0 spiro atoms. The van der Waals surface area contributed by atoms with Gasteiger partial charge in [-0.1, -0.05) is 25.0 Å². The Morgan fingerprint density at radius 2 is 1.95 bits per heavy atom. The Morgan fingerprint density at radius 1 is 1.25 bits per heavy atom. The summed E-state index contributed by atoms with van der Waals surface area (Å²) in [7, 11) is 0. The van der Waals surface area contributed by atoms with Crippen LogP contribution in [-0.4, -0.2) is 28.1 Å². The average molecular weight is 277 g/mol. The molecule has 3 atom stereocenters. The van der Waals surface area contributed by atoms with Crippen molar-refractivity contribution >= 4 is 5.97 Å². The van der Waals surface area contributed by atoms with Crippen LogP contribution < -0.4 is 0 Å². The normalized spacial score (nSPS) is 30.1. The molecule has 0 aromatic heterocycles. The summed E-state index contributed by atoms with van der Waals surface area (Å²) < 4.78 is 13.0. The predicted octanol–water partition coefficient (Wildman–Crippen LogP) is 3.04. The molecule has 1 aromatic rings. The molecule has 4 heteroatoms. The number of fused-ring (bicyclic) bond motifs is 1. The number of benzene rings is 1. The Labute approximate surface area is 118 Å². The second kappa shape index (κ2) is 5.52. The summed E-state index contributed by atoms with van der Waals surface area (Å²) in [6, 6.07) is 6.40. The van der Waals surface area contributed by atoms with Crippen molar-refractivity contribution in [1.29, 1.82) is 0 Å². The van der Waals surface area contributed by atoms with Crippen LogP contribution in [0, 0.1) is 11.7 Å². The molecule has 1 aromatic carbocycles. The molecule has 108 valence electrons. The molecule has 2 fully saturated rings. The number of carbonyl (C=O) groups is 1. The molecule has 1 N–H and O–H groups in total. The van der Waals surface area contributed by atoms with Crippen molar-refractivity contribution in [3.05, 3.63) is 35.6 Å². The van der Waals surface area contributed by atoms with E-state index in [1.165, 1.54) is 25.0 Å². The molecule has 0 radical (unpaired) electrons. The number of hydrogen-bond donors (Lipinski definition) is 1. The minimum atomic E-state index is -0.721. The van der Waals surface area contributed by atoms with E-state index in [2.05, 4.69) is 4.90 Å². The van der Waals surface area contributed by atoms with Gasteiger partial charge in [0.25, 0.3) is 0 Å². The van der Waals surface area contributed by atoms with Crippen molar-refractivity contribution < 1.29 is 14.3 Å². The van der Waals surface area contributed by atoms with Gasteiger partial charge in [0.05, 0.1) is 0 Å². The summed E-state index contributed by atoms with van der Waals surface area (Å²) in [6.07, 6.45) is 5.41. The smallest absolute Gasteiger partial charge is 0.320 e.